The van der Waals surface area contributed by atoms with Crippen molar-refractivity contribution in [2.75, 3.05) is 13.7 Å². The highest BCUT2D eigenvalue weighted by Crippen LogP contribution is 2.30. The molecule has 0 aliphatic carbocycles. The Morgan fingerprint density at radius 1 is 1.42 bits per heavy atom. The maximum absolute atomic E-state index is 6.32. The van der Waals surface area contributed by atoms with Gasteiger partial charge in [-0.25, -0.2) is 0 Å². The summed E-state index contributed by atoms with van der Waals surface area (Å²) in [6.45, 7) is 10.1. The van der Waals surface area contributed by atoms with E-state index in [0.717, 1.165) is 18.7 Å². The smallest absolute Gasteiger partial charge is 0.0835 e. The van der Waals surface area contributed by atoms with Gasteiger partial charge in [-0.1, -0.05) is 32.4 Å². The van der Waals surface area contributed by atoms with Gasteiger partial charge in [-0.05, 0) is 26.3 Å². The fraction of sp³-hybridized carbons (Fsp3) is 0.786. The lowest BCUT2D eigenvalue weighted by molar-refractivity contribution is 0.00256. The standard InChI is InChI=1S/C14H26ClN3O/c1-6-8-18-13(11(15)9-17-18)12(16-5)14(10(3)4)19-7-2/h9-10,12,14,16H,6-8H2,1-5H3. The van der Waals surface area contributed by atoms with Crippen LogP contribution >= 0.6 is 11.6 Å². The molecule has 0 spiro atoms. The van der Waals surface area contributed by atoms with Crippen LogP contribution in [0.1, 0.15) is 45.9 Å². The zero-order valence-corrected chi connectivity index (χ0v) is 13.4. The molecule has 0 aliphatic rings. The van der Waals surface area contributed by atoms with Crippen LogP contribution in [0.4, 0.5) is 0 Å². The molecule has 0 amide bonds. The highest BCUT2D eigenvalue weighted by molar-refractivity contribution is 6.31. The van der Waals surface area contributed by atoms with Crippen LogP contribution < -0.4 is 5.32 Å². The van der Waals surface area contributed by atoms with Gasteiger partial charge in [-0.3, -0.25) is 4.68 Å². The molecular formula is C14H26ClN3O. The summed E-state index contributed by atoms with van der Waals surface area (Å²) in [6.07, 6.45) is 2.84. The topological polar surface area (TPSA) is 39.1 Å². The van der Waals surface area contributed by atoms with Gasteiger partial charge in [0.25, 0.3) is 0 Å². The summed E-state index contributed by atoms with van der Waals surface area (Å²) in [7, 11) is 1.94. The summed E-state index contributed by atoms with van der Waals surface area (Å²) in [5.74, 6) is 0.401. The molecule has 0 bridgehead atoms. The molecule has 1 rings (SSSR count). The number of halogens is 1. The van der Waals surface area contributed by atoms with Crippen molar-refractivity contribution in [2.24, 2.45) is 5.92 Å². The lowest BCUT2D eigenvalue weighted by Crippen LogP contribution is -2.37. The molecule has 0 aliphatic heterocycles. The average molecular weight is 288 g/mol. The number of hydrogen-bond donors (Lipinski definition) is 1. The van der Waals surface area contributed by atoms with E-state index in [1.54, 1.807) is 6.20 Å². The number of rotatable bonds is 8. The van der Waals surface area contributed by atoms with Crippen molar-refractivity contribution in [1.29, 1.82) is 0 Å². The summed E-state index contributed by atoms with van der Waals surface area (Å²) in [4.78, 5) is 0. The molecule has 5 heteroatoms. The summed E-state index contributed by atoms with van der Waals surface area (Å²) < 4.78 is 7.89. The molecule has 2 atom stereocenters. The molecule has 4 nitrogen and oxygen atoms in total. The van der Waals surface area contributed by atoms with Gasteiger partial charge in [0.1, 0.15) is 0 Å². The number of nitrogens with one attached hydrogen (secondary N) is 1. The van der Waals surface area contributed by atoms with Crippen molar-refractivity contribution >= 4 is 11.6 Å². The fourth-order valence-corrected chi connectivity index (χ4v) is 2.65. The minimum absolute atomic E-state index is 0.0569. The van der Waals surface area contributed by atoms with Crippen LogP contribution in [0.3, 0.4) is 0 Å². The second kappa shape index (κ2) is 7.88. The lowest BCUT2D eigenvalue weighted by atomic mass is 9.96. The van der Waals surface area contributed by atoms with Gasteiger partial charge >= 0.3 is 0 Å². The maximum atomic E-state index is 6.32. The fourth-order valence-electron chi connectivity index (χ4n) is 2.39. The third kappa shape index (κ3) is 3.94. The summed E-state index contributed by atoms with van der Waals surface area (Å²) in [5.41, 5.74) is 1.03. The summed E-state index contributed by atoms with van der Waals surface area (Å²) in [6, 6.07) is 0.0569. The Balaban J connectivity index is 3.09. The number of hydrogen-bond acceptors (Lipinski definition) is 3. The largest absolute Gasteiger partial charge is 0.376 e. The monoisotopic (exact) mass is 287 g/mol. The van der Waals surface area contributed by atoms with Crippen molar-refractivity contribution < 1.29 is 4.74 Å². The van der Waals surface area contributed by atoms with Gasteiger partial charge in [-0.15, -0.1) is 0 Å². The molecular weight excluding hydrogens is 262 g/mol. The predicted octanol–water partition coefficient (Wildman–Crippen LogP) is 3.27. The first-order valence-corrected chi connectivity index (χ1v) is 7.44. The number of likely N-dealkylation sites (N-methyl/N-ethyl adjacent to an activating group) is 1. The first-order chi connectivity index (χ1) is 9.06. The summed E-state index contributed by atoms with van der Waals surface area (Å²) >= 11 is 6.32. The minimum Gasteiger partial charge on any atom is -0.376 e. The van der Waals surface area contributed by atoms with E-state index in [0.29, 0.717) is 17.5 Å². The average Bonchev–Trinajstić information content (AvgIpc) is 2.72. The Morgan fingerprint density at radius 3 is 2.58 bits per heavy atom. The van der Waals surface area contributed by atoms with E-state index < -0.39 is 0 Å². The molecule has 110 valence electrons. The van der Waals surface area contributed by atoms with E-state index in [1.165, 1.54) is 0 Å². The highest BCUT2D eigenvalue weighted by Gasteiger charge is 2.29. The number of aromatic nitrogens is 2. The quantitative estimate of drug-likeness (QED) is 0.798. The van der Waals surface area contributed by atoms with Gasteiger partial charge in [0, 0.05) is 13.2 Å². The number of nitrogens with zero attached hydrogens (tertiary/aromatic N) is 2. The second-order valence-electron chi connectivity index (χ2n) is 5.03. The SMILES string of the molecule is CCCn1ncc(Cl)c1C(NC)C(OCC)C(C)C. The van der Waals surface area contributed by atoms with Crippen molar-refractivity contribution in [3.05, 3.63) is 16.9 Å². The van der Waals surface area contributed by atoms with Gasteiger partial charge in [0.05, 0.1) is 29.1 Å². The molecule has 1 N–H and O–H groups in total. The Hall–Kier alpha value is -0.580. The zero-order chi connectivity index (χ0) is 14.4. The van der Waals surface area contributed by atoms with Crippen LogP contribution in [-0.2, 0) is 11.3 Å². The van der Waals surface area contributed by atoms with E-state index in [9.17, 15) is 0 Å². The van der Waals surface area contributed by atoms with Crippen LogP contribution in [0.15, 0.2) is 6.20 Å². The van der Waals surface area contributed by atoms with E-state index in [4.69, 9.17) is 16.3 Å². The first-order valence-electron chi connectivity index (χ1n) is 7.06. The van der Waals surface area contributed by atoms with Crippen LogP contribution in [0.5, 0.6) is 0 Å². The molecule has 0 fully saturated rings. The molecule has 19 heavy (non-hydrogen) atoms. The number of aryl methyl sites for hydroxylation is 1. The van der Waals surface area contributed by atoms with Crippen molar-refractivity contribution in [3.8, 4) is 0 Å². The van der Waals surface area contributed by atoms with E-state index in [2.05, 4.69) is 31.2 Å². The Labute approximate surface area is 121 Å². The van der Waals surface area contributed by atoms with Crippen molar-refractivity contribution in [1.82, 2.24) is 15.1 Å². The van der Waals surface area contributed by atoms with Crippen LogP contribution in [0.25, 0.3) is 0 Å². The normalized spacial score (nSPS) is 14.9. The third-order valence-corrected chi connectivity index (χ3v) is 3.51. The second-order valence-corrected chi connectivity index (χ2v) is 5.44. The zero-order valence-electron chi connectivity index (χ0n) is 12.6. The molecule has 1 heterocycles. The lowest BCUT2D eigenvalue weighted by Gasteiger charge is -2.30. The molecule has 0 aromatic carbocycles. The van der Waals surface area contributed by atoms with Crippen LogP contribution in [0.2, 0.25) is 5.02 Å². The Morgan fingerprint density at radius 2 is 2.11 bits per heavy atom. The molecule has 1 aromatic heterocycles. The first kappa shape index (κ1) is 16.5. The van der Waals surface area contributed by atoms with E-state index >= 15 is 0 Å². The molecule has 2 unspecified atom stereocenters. The molecule has 0 radical (unpaired) electrons. The minimum atomic E-state index is 0.0569. The van der Waals surface area contributed by atoms with Gasteiger partial charge in [0.15, 0.2) is 0 Å². The Kier molecular flexibility index (Phi) is 6.83. The van der Waals surface area contributed by atoms with Crippen LogP contribution in [-0.4, -0.2) is 29.5 Å². The van der Waals surface area contributed by atoms with Gasteiger partial charge < -0.3 is 10.1 Å². The summed E-state index contributed by atoms with van der Waals surface area (Å²) in [5, 5.41) is 8.41. The van der Waals surface area contributed by atoms with Crippen LogP contribution in [0, 0.1) is 5.92 Å². The predicted molar refractivity (Wildman–Crippen MR) is 79.6 cm³/mol. The molecule has 0 saturated carbocycles. The molecule has 1 aromatic rings. The van der Waals surface area contributed by atoms with Crippen molar-refractivity contribution in [3.63, 3.8) is 0 Å². The third-order valence-electron chi connectivity index (χ3n) is 3.22. The van der Waals surface area contributed by atoms with Gasteiger partial charge in [-0.2, -0.15) is 5.10 Å². The van der Waals surface area contributed by atoms with E-state index in [-0.39, 0.29) is 12.1 Å². The van der Waals surface area contributed by atoms with Crippen molar-refractivity contribution in [2.45, 2.75) is 52.8 Å². The van der Waals surface area contributed by atoms with Gasteiger partial charge in [0.2, 0.25) is 0 Å². The van der Waals surface area contributed by atoms with E-state index in [1.807, 2.05) is 18.7 Å². The Bertz CT molecular complexity index is 379. The molecule has 0 saturated heterocycles. The maximum Gasteiger partial charge on any atom is 0.0835 e. The highest BCUT2D eigenvalue weighted by atomic mass is 35.5. The number of ether oxygens (including phenoxy) is 1.